The summed E-state index contributed by atoms with van der Waals surface area (Å²) < 4.78 is 0. The molecule has 0 aromatic heterocycles. The zero-order valence-electron chi connectivity index (χ0n) is 23.2. The van der Waals surface area contributed by atoms with Crippen molar-refractivity contribution >= 4 is 0 Å². The molecule has 2 aliphatic rings. The quantitative estimate of drug-likeness (QED) is 0.329. The van der Waals surface area contributed by atoms with Gasteiger partial charge in [-0.25, -0.2) is 0 Å². The number of rotatable bonds is 10. The van der Waals surface area contributed by atoms with E-state index < -0.39 is 0 Å². The van der Waals surface area contributed by atoms with Crippen molar-refractivity contribution in [1.82, 2.24) is 10.1 Å². The minimum Gasteiger partial charge on any atom is -0.313 e. The summed E-state index contributed by atoms with van der Waals surface area (Å²) in [4.78, 5) is 0. The summed E-state index contributed by atoms with van der Waals surface area (Å²) in [7, 11) is 0. The maximum Gasteiger partial charge on any atom is 0.0439 e. The van der Waals surface area contributed by atoms with Crippen molar-refractivity contribution in [1.29, 1.82) is 0 Å². The van der Waals surface area contributed by atoms with Gasteiger partial charge in [-0.05, 0) is 130 Å². The second kappa shape index (κ2) is 9.84. The highest BCUT2D eigenvalue weighted by Gasteiger charge is 2.52. The smallest absolute Gasteiger partial charge is 0.0439 e. The molecule has 2 rings (SSSR count). The summed E-state index contributed by atoms with van der Waals surface area (Å²) in [5.74, 6) is 0.544. The van der Waals surface area contributed by atoms with Gasteiger partial charge in [0.2, 0.25) is 0 Å². The van der Waals surface area contributed by atoms with E-state index in [1.54, 1.807) is 10.1 Å². The topological polar surface area (TPSA) is 46.9 Å². The van der Waals surface area contributed by atoms with E-state index >= 15 is 0 Å². The van der Waals surface area contributed by atoms with E-state index in [0.717, 1.165) is 12.8 Å². The first-order chi connectivity index (χ1) is 14.6. The van der Waals surface area contributed by atoms with Crippen LogP contribution in [0.5, 0.6) is 0 Å². The van der Waals surface area contributed by atoms with Crippen LogP contribution < -0.4 is 0 Å². The highest BCUT2D eigenvalue weighted by Crippen LogP contribution is 2.56. The van der Waals surface area contributed by atoms with Crippen LogP contribution in [0.4, 0.5) is 0 Å². The van der Waals surface area contributed by atoms with Gasteiger partial charge < -0.3 is 10.4 Å². The maximum atomic E-state index is 10.8. The molecule has 1 heterocycles. The van der Waals surface area contributed by atoms with Gasteiger partial charge in [0.1, 0.15) is 0 Å². The van der Waals surface area contributed by atoms with Crippen molar-refractivity contribution in [2.24, 2.45) is 16.7 Å². The van der Waals surface area contributed by atoms with E-state index in [0.29, 0.717) is 16.7 Å². The van der Waals surface area contributed by atoms with Crippen LogP contribution in [-0.4, -0.2) is 43.2 Å². The van der Waals surface area contributed by atoms with Crippen LogP contribution in [0.3, 0.4) is 0 Å². The summed E-state index contributed by atoms with van der Waals surface area (Å²) >= 11 is 0. The van der Waals surface area contributed by atoms with Crippen LogP contribution in [0.15, 0.2) is 0 Å². The monoisotopic (exact) mass is 452 g/mol. The highest BCUT2D eigenvalue weighted by atomic mass is 16.5. The molecular formula is C28H56N2O2. The number of nitrogens with zero attached hydrogens (tertiary/aromatic N) is 2. The normalized spacial score (nSPS) is 33.4. The average Bonchev–Trinajstić information content (AvgIpc) is 2.86. The number of hydrogen-bond donors (Lipinski definition) is 2. The lowest BCUT2D eigenvalue weighted by molar-refractivity contribution is -0.198. The first-order valence-corrected chi connectivity index (χ1v) is 13.5. The largest absolute Gasteiger partial charge is 0.313 e. The second-order valence-electron chi connectivity index (χ2n) is 13.7. The average molecular weight is 453 g/mol. The third-order valence-electron chi connectivity index (χ3n) is 9.71. The Morgan fingerprint density at radius 2 is 1.50 bits per heavy atom. The third-order valence-corrected chi connectivity index (χ3v) is 9.71. The molecule has 2 N–H and O–H groups in total. The van der Waals surface area contributed by atoms with Gasteiger partial charge in [-0.2, -0.15) is 10.1 Å². The Kier molecular flexibility index (Phi) is 8.63. The van der Waals surface area contributed by atoms with Crippen molar-refractivity contribution in [3.8, 4) is 0 Å². The van der Waals surface area contributed by atoms with E-state index in [9.17, 15) is 10.4 Å². The Balaban J connectivity index is 2.09. The van der Waals surface area contributed by atoms with Crippen LogP contribution in [0.1, 0.15) is 140 Å². The lowest BCUT2D eigenvalue weighted by Gasteiger charge is -2.51. The van der Waals surface area contributed by atoms with E-state index in [1.807, 2.05) is 0 Å². The van der Waals surface area contributed by atoms with E-state index in [2.05, 4.69) is 69.2 Å². The van der Waals surface area contributed by atoms with E-state index in [-0.39, 0.29) is 22.7 Å². The van der Waals surface area contributed by atoms with Crippen LogP contribution in [0, 0.1) is 16.7 Å². The standard InChI is InChI=1S/C28H56N2O2/c1-11-14-28(15-13-23-20-24(5,6)30(32)26(23,9)10)18-16-27(12-2,17-19-28)21-25(7,8)29(31)22(3)4/h22-23,31-32H,11-21H2,1-10H3/t23-,27?,28?/m0/s1. The lowest BCUT2D eigenvalue weighted by Crippen LogP contribution is -2.50. The van der Waals surface area contributed by atoms with E-state index in [1.165, 1.54) is 57.8 Å². The van der Waals surface area contributed by atoms with Gasteiger partial charge in [0, 0.05) is 22.7 Å². The zero-order valence-corrected chi connectivity index (χ0v) is 23.2. The van der Waals surface area contributed by atoms with Crippen LogP contribution in [-0.2, 0) is 0 Å². The van der Waals surface area contributed by atoms with Crippen molar-refractivity contribution in [3.63, 3.8) is 0 Å². The first-order valence-electron chi connectivity index (χ1n) is 13.5. The van der Waals surface area contributed by atoms with Crippen molar-refractivity contribution in [2.45, 2.75) is 163 Å². The van der Waals surface area contributed by atoms with Gasteiger partial charge in [-0.1, -0.05) is 26.7 Å². The molecule has 0 unspecified atom stereocenters. The third kappa shape index (κ3) is 5.73. The summed E-state index contributed by atoms with van der Waals surface area (Å²) in [6, 6.07) is 0.145. The Morgan fingerprint density at radius 3 is 1.91 bits per heavy atom. The summed E-state index contributed by atoms with van der Waals surface area (Å²) in [5, 5.41) is 24.7. The molecule has 32 heavy (non-hydrogen) atoms. The molecule has 1 saturated heterocycles. The molecule has 0 aromatic carbocycles. The molecule has 1 aliphatic carbocycles. The van der Waals surface area contributed by atoms with E-state index in [4.69, 9.17) is 0 Å². The Labute approximate surface area is 200 Å². The van der Waals surface area contributed by atoms with Gasteiger partial charge in [0.05, 0.1) is 0 Å². The molecule has 2 fully saturated rings. The molecule has 0 aromatic rings. The molecular weight excluding hydrogens is 396 g/mol. The highest BCUT2D eigenvalue weighted by molar-refractivity contribution is 5.03. The van der Waals surface area contributed by atoms with Crippen LogP contribution in [0.2, 0.25) is 0 Å². The van der Waals surface area contributed by atoms with Crippen molar-refractivity contribution < 1.29 is 10.4 Å². The Bertz CT molecular complexity index is 603. The fourth-order valence-corrected chi connectivity index (χ4v) is 7.65. The predicted molar refractivity (Wildman–Crippen MR) is 135 cm³/mol. The van der Waals surface area contributed by atoms with Crippen molar-refractivity contribution in [2.75, 3.05) is 0 Å². The van der Waals surface area contributed by atoms with Gasteiger partial charge >= 0.3 is 0 Å². The Morgan fingerprint density at radius 1 is 0.969 bits per heavy atom. The minimum atomic E-state index is -0.195. The fraction of sp³-hybridized carbons (Fsp3) is 1.00. The molecule has 0 bridgehead atoms. The summed E-state index contributed by atoms with van der Waals surface area (Å²) in [5.41, 5.74) is 0.322. The molecule has 4 heteroatoms. The molecule has 1 aliphatic heterocycles. The zero-order chi connectivity index (χ0) is 24.6. The minimum absolute atomic E-state index is 0.131. The van der Waals surface area contributed by atoms with Gasteiger partial charge in [-0.15, -0.1) is 0 Å². The molecule has 4 nitrogen and oxygen atoms in total. The molecule has 0 spiro atoms. The summed E-state index contributed by atoms with van der Waals surface area (Å²) in [6.45, 7) is 22.1. The molecule has 1 atom stereocenters. The van der Waals surface area contributed by atoms with Crippen LogP contribution in [0.25, 0.3) is 0 Å². The molecule has 190 valence electrons. The van der Waals surface area contributed by atoms with Crippen molar-refractivity contribution in [3.05, 3.63) is 0 Å². The molecule has 1 saturated carbocycles. The molecule has 0 radical (unpaired) electrons. The van der Waals surface area contributed by atoms with Gasteiger partial charge in [0.25, 0.3) is 0 Å². The summed E-state index contributed by atoms with van der Waals surface area (Å²) in [6.07, 6.45) is 13.6. The van der Waals surface area contributed by atoms with Gasteiger partial charge in [0.15, 0.2) is 0 Å². The maximum absolute atomic E-state index is 10.8. The Hall–Kier alpha value is -0.160. The number of hydrogen-bond acceptors (Lipinski definition) is 4. The SMILES string of the molecule is CCCC1(CC[C@H]2CC(C)(C)N(O)C2(C)C)CCC(CC)(CC(C)(C)N(O)C(C)C)CC1. The van der Waals surface area contributed by atoms with Crippen LogP contribution >= 0.6 is 0 Å². The predicted octanol–water partition coefficient (Wildman–Crippen LogP) is 8.06. The molecule has 0 amide bonds. The first kappa shape index (κ1) is 28.1. The lowest BCUT2D eigenvalue weighted by atomic mass is 9.57. The fourth-order valence-electron chi connectivity index (χ4n) is 7.65. The van der Waals surface area contributed by atoms with Gasteiger partial charge in [-0.3, -0.25) is 0 Å². The second-order valence-corrected chi connectivity index (χ2v) is 13.7. The number of hydroxylamine groups is 4.